The second kappa shape index (κ2) is 10.9. The van der Waals surface area contributed by atoms with Crippen LogP contribution in [0.3, 0.4) is 0 Å². The molecule has 0 saturated heterocycles. The maximum Gasteiger partial charge on any atom is 0.242 e. The monoisotopic (exact) mass is 402 g/mol. The molecule has 2 amide bonds. The zero-order valence-corrected chi connectivity index (χ0v) is 17.4. The van der Waals surface area contributed by atoms with Gasteiger partial charge in [0, 0.05) is 18.8 Å². The number of carbonyl (C=O) groups excluding carboxylic acids is 2. The summed E-state index contributed by atoms with van der Waals surface area (Å²) in [5.74, 6) is 0.00776. The van der Waals surface area contributed by atoms with Gasteiger partial charge in [0.1, 0.15) is 11.9 Å². The van der Waals surface area contributed by atoms with Gasteiger partial charge in [0.15, 0.2) is 0 Å². The van der Waals surface area contributed by atoms with Crippen LogP contribution < -0.4 is 5.32 Å². The maximum atomic E-state index is 13.7. The summed E-state index contributed by atoms with van der Waals surface area (Å²) in [6.07, 6.45) is 0. The molecule has 0 aliphatic carbocycles. The molecule has 2 rings (SSSR count). The second-order valence-corrected chi connectivity index (χ2v) is 7.65. The summed E-state index contributed by atoms with van der Waals surface area (Å²) >= 11 is 1.35. The van der Waals surface area contributed by atoms with Gasteiger partial charge < -0.3 is 10.2 Å². The standard InChI is InChI=1S/C22H27FN2O2S/c1-4-24-22(27)17(3)25(13-18-11-9-16(2)10-12-18)21(26)15-28-14-19-7-5-6-8-20(19)23/h5-12,17H,4,13-15H2,1-3H3,(H,24,27). The van der Waals surface area contributed by atoms with Crippen molar-refractivity contribution in [1.29, 1.82) is 0 Å². The molecule has 6 heteroatoms. The number of nitrogens with zero attached hydrogens (tertiary/aromatic N) is 1. The van der Waals surface area contributed by atoms with Crippen molar-refractivity contribution in [2.75, 3.05) is 12.3 Å². The van der Waals surface area contributed by atoms with Crippen LogP contribution in [0.5, 0.6) is 0 Å². The summed E-state index contributed by atoms with van der Waals surface area (Å²) in [5.41, 5.74) is 2.68. The minimum atomic E-state index is -0.581. The number of benzene rings is 2. The van der Waals surface area contributed by atoms with Crippen molar-refractivity contribution in [3.63, 3.8) is 0 Å². The molecule has 0 aliphatic rings. The quantitative estimate of drug-likeness (QED) is 0.692. The van der Waals surface area contributed by atoms with E-state index in [9.17, 15) is 14.0 Å². The Morgan fingerprint density at radius 1 is 1.14 bits per heavy atom. The lowest BCUT2D eigenvalue weighted by Gasteiger charge is -2.28. The Hall–Kier alpha value is -2.34. The number of nitrogens with one attached hydrogen (secondary N) is 1. The molecule has 0 aromatic heterocycles. The van der Waals surface area contributed by atoms with Crippen molar-refractivity contribution in [3.8, 4) is 0 Å². The van der Waals surface area contributed by atoms with E-state index < -0.39 is 6.04 Å². The Bertz CT molecular complexity index is 795. The van der Waals surface area contributed by atoms with Crippen LogP contribution in [-0.2, 0) is 21.9 Å². The Kier molecular flexibility index (Phi) is 8.51. The summed E-state index contributed by atoms with van der Waals surface area (Å²) in [4.78, 5) is 26.8. The van der Waals surface area contributed by atoms with Crippen LogP contribution in [0.4, 0.5) is 4.39 Å². The zero-order chi connectivity index (χ0) is 20.5. The Labute approximate surface area is 170 Å². The summed E-state index contributed by atoms with van der Waals surface area (Å²) in [7, 11) is 0. The first-order valence-electron chi connectivity index (χ1n) is 9.36. The van der Waals surface area contributed by atoms with Crippen LogP contribution >= 0.6 is 11.8 Å². The predicted octanol–water partition coefficient (Wildman–Crippen LogP) is 3.92. The molecular formula is C22H27FN2O2S. The SMILES string of the molecule is CCNC(=O)C(C)N(Cc1ccc(C)cc1)C(=O)CSCc1ccccc1F. The molecular weight excluding hydrogens is 375 g/mol. The van der Waals surface area contributed by atoms with Crippen LogP contribution in [0.2, 0.25) is 0 Å². The summed E-state index contributed by atoms with van der Waals surface area (Å²) in [6, 6.07) is 13.9. The van der Waals surface area contributed by atoms with E-state index in [1.807, 2.05) is 38.1 Å². The van der Waals surface area contributed by atoms with E-state index >= 15 is 0 Å². The lowest BCUT2D eigenvalue weighted by molar-refractivity contribution is -0.138. The van der Waals surface area contributed by atoms with E-state index in [4.69, 9.17) is 0 Å². The highest BCUT2D eigenvalue weighted by molar-refractivity contribution is 7.99. The maximum absolute atomic E-state index is 13.7. The number of hydrogen-bond donors (Lipinski definition) is 1. The van der Waals surface area contributed by atoms with Gasteiger partial charge in [-0.25, -0.2) is 4.39 Å². The van der Waals surface area contributed by atoms with Gasteiger partial charge in [0.2, 0.25) is 11.8 Å². The third-order valence-corrected chi connectivity index (χ3v) is 5.40. The van der Waals surface area contributed by atoms with Gasteiger partial charge in [-0.2, -0.15) is 0 Å². The Morgan fingerprint density at radius 2 is 1.82 bits per heavy atom. The molecule has 0 aliphatic heterocycles. The molecule has 2 aromatic rings. The fourth-order valence-corrected chi connectivity index (χ4v) is 3.64. The number of halogens is 1. The normalized spacial score (nSPS) is 11.7. The molecule has 0 spiro atoms. The van der Waals surface area contributed by atoms with Gasteiger partial charge >= 0.3 is 0 Å². The van der Waals surface area contributed by atoms with Gasteiger partial charge in [0.05, 0.1) is 5.75 Å². The minimum absolute atomic E-state index is 0.138. The van der Waals surface area contributed by atoms with Gasteiger partial charge in [-0.05, 0) is 38.0 Å². The lowest BCUT2D eigenvalue weighted by atomic mass is 10.1. The molecule has 0 fully saturated rings. The first kappa shape index (κ1) is 22.0. The largest absolute Gasteiger partial charge is 0.355 e. The molecule has 0 radical (unpaired) electrons. The van der Waals surface area contributed by atoms with Gasteiger partial charge in [-0.15, -0.1) is 11.8 Å². The summed E-state index contributed by atoms with van der Waals surface area (Å²) < 4.78 is 13.7. The van der Waals surface area contributed by atoms with Crippen molar-refractivity contribution in [2.24, 2.45) is 0 Å². The summed E-state index contributed by atoms with van der Waals surface area (Å²) in [5, 5.41) is 2.78. The first-order chi connectivity index (χ1) is 13.4. The van der Waals surface area contributed by atoms with E-state index in [2.05, 4.69) is 5.32 Å². The van der Waals surface area contributed by atoms with Gasteiger partial charge in [-0.3, -0.25) is 9.59 Å². The zero-order valence-electron chi connectivity index (χ0n) is 16.6. The molecule has 0 bridgehead atoms. The number of hydrogen-bond acceptors (Lipinski definition) is 3. The Balaban J connectivity index is 2.05. The first-order valence-corrected chi connectivity index (χ1v) is 10.5. The van der Waals surface area contributed by atoms with Crippen LogP contribution in [-0.4, -0.2) is 35.1 Å². The number of amides is 2. The number of thioether (sulfide) groups is 1. The van der Waals surface area contributed by atoms with Gasteiger partial charge in [-0.1, -0.05) is 48.0 Å². The predicted molar refractivity (Wildman–Crippen MR) is 112 cm³/mol. The van der Waals surface area contributed by atoms with Crippen LogP contribution in [0.1, 0.15) is 30.5 Å². The van der Waals surface area contributed by atoms with Crippen molar-refractivity contribution >= 4 is 23.6 Å². The number of likely N-dealkylation sites (N-methyl/N-ethyl adjacent to an activating group) is 1. The number of aryl methyl sites for hydroxylation is 1. The molecule has 0 heterocycles. The average molecular weight is 403 g/mol. The average Bonchev–Trinajstić information content (AvgIpc) is 2.68. The van der Waals surface area contributed by atoms with E-state index in [1.165, 1.54) is 17.8 Å². The lowest BCUT2D eigenvalue weighted by Crippen LogP contribution is -2.48. The minimum Gasteiger partial charge on any atom is -0.355 e. The van der Waals surface area contributed by atoms with Crippen molar-refractivity contribution in [2.45, 2.75) is 39.1 Å². The van der Waals surface area contributed by atoms with E-state index in [-0.39, 0.29) is 23.4 Å². The second-order valence-electron chi connectivity index (χ2n) is 6.66. The van der Waals surface area contributed by atoms with Crippen LogP contribution in [0, 0.1) is 12.7 Å². The molecule has 28 heavy (non-hydrogen) atoms. The van der Waals surface area contributed by atoms with E-state index in [0.717, 1.165) is 11.1 Å². The Morgan fingerprint density at radius 3 is 2.46 bits per heavy atom. The topological polar surface area (TPSA) is 49.4 Å². The number of rotatable bonds is 9. The highest BCUT2D eigenvalue weighted by Gasteiger charge is 2.25. The third kappa shape index (κ3) is 6.37. The van der Waals surface area contributed by atoms with E-state index in [1.54, 1.807) is 30.0 Å². The molecule has 150 valence electrons. The molecule has 2 aromatic carbocycles. The molecule has 4 nitrogen and oxygen atoms in total. The smallest absolute Gasteiger partial charge is 0.242 e. The van der Waals surface area contributed by atoms with Gasteiger partial charge in [0.25, 0.3) is 0 Å². The van der Waals surface area contributed by atoms with Crippen LogP contribution in [0.25, 0.3) is 0 Å². The van der Waals surface area contributed by atoms with Crippen molar-refractivity contribution < 1.29 is 14.0 Å². The number of carbonyl (C=O) groups is 2. The molecule has 1 unspecified atom stereocenters. The van der Waals surface area contributed by atoms with Crippen molar-refractivity contribution in [1.82, 2.24) is 10.2 Å². The fourth-order valence-electron chi connectivity index (χ4n) is 2.74. The highest BCUT2D eigenvalue weighted by atomic mass is 32.2. The van der Waals surface area contributed by atoms with E-state index in [0.29, 0.717) is 24.4 Å². The third-order valence-electron chi connectivity index (χ3n) is 4.43. The molecule has 1 atom stereocenters. The molecule has 1 N–H and O–H groups in total. The highest BCUT2D eigenvalue weighted by Crippen LogP contribution is 2.18. The summed E-state index contributed by atoms with van der Waals surface area (Å²) in [6.45, 7) is 6.46. The van der Waals surface area contributed by atoms with Crippen molar-refractivity contribution in [3.05, 3.63) is 71.0 Å². The fraction of sp³-hybridized carbons (Fsp3) is 0.364. The van der Waals surface area contributed by atoms with Crippen LogP contribution in [0.15, 0.2) is 48.5 Å². The molecule has 0 saturated carbocycles.